The van der Waals surface area contributed by atoms with Crippen LogP contribution in [0.4, 0.5) is 5.69 Å². The molecule has 6 nitrogen and oxygen atoms in total. The summed E-state index contributed by atoms with van der Waals surface area (Å²) >= 11 is 3.17. The number of morpholine rings is 1. The standard InChI is InChI=1S/C12H16BrN3O3.ClH/c1-7-10(14-3-4-19-7)11(17)15-8-5-9(13)12(18)16(2)6-8;/h5-7,10,14H,3-4H2,1-2H3,(H,15,17);1H/t7-,10+;/m1./s1. The maximum Gasteiger partial charge on any atom is 0.264 e. The number of carbonyl (C=O) groups is 1. The second-order valence-corrected chi connectivity index (χ2v) is 5.34. The van der Waals surface area contributed by atoms with Gasteiger partial charge >= 0.3 is 0 Å². The first-order valence-corrected chi connectivity index (χ1v) is 6.80. The smallest absolute Gasteiger partial charge is 0.264 e. The van der Waals surface area contributed by atoms with E-state index in [0.717, 1.165) is 0 Å². The first-order chi connectivity index (χ1) is 8.99. The molecule has 0 bridgehead atoms. The summed E-state index contributed by atoms with van der Waals surface area (Å²) in [4.78, 5) is 23.7. The van der Waals surface area contributed by atoms with Crippen LogP contribution in [0.3, 0.4) is 0 Å². The van der Waals surface area contributed by atoms with Crippen molar-refractivity contribution < 1.29 is 9.53 Å². The molecule has 1 amide bonds. The molecule has 2 atom stereocenters. The van der Waals surface area contributed by atoms with Gasteiger partial charge in [0.1, 0.15) is 6.04 Å². The molecule has 1 fully saturated rings. The van der Waals surface area contributed by atoms with E-state index in [2.05, 4.69) is 26.6 Å². The van der Waals surface area contributed by atoms with Crippen LogP contribution in [-0.4, -0.2) is 35.8 Å². The molecule has 1 aromatic rings. The third kappa shape index (κ3) is 3.82. The van der Waals surface area contributed by atoms with Crippen molar-refractivity contribution in [3.63, 3.8) is 0 Å². The lowest BCUT2D eigenvalue weighted by Gasteiger charge is -2.29. The molecular formula is C12H17BrClN3O3. The molecule has 0 saturated carbocycles. The Bertz CT molecular complexity index is 523. The lowest BCUT2D eigenvalue weighted by atomic mass is 10.1. The van der Waals surface area contributed by atoms with Gasteiger partial charge in [0.05, 0.1) is 22.9 Å². The number of nitrogens with one attached hydrogen (secondary N) is 2. The summed E-state index contributed by atoms with van der Waals surface area (Å²) in [6.07, 6.45) is 1.41. The van der Waals surface area contributed by atoms with Crippen molar-refractivity contribution in [3.8, 4) is 0 Å². The van der Waals surface area contributed by atoms with Gasteiger partial charge in [0.15, 0.2) is 0 Å². The Morgan fingerprint density at radius 1 is 1.60 bits per heavy atom. The van der Waals surface area contributed by atoms with Gasteiger partial charge in [-0.25, -0.2) is 0 Å². The van der Waals surface area contributed by atoms with Gasteiger partial charge < -0.3 is 19.9 Å². The Labute approximate surface area is 131 Å². The van der Waals surface area contributed by atoms with E-state index in [9.17, 15) is 9.59 Å². The number of aryl methyl sites for hydroxylation is 1. The van der Waals surface area contributed by atoms with Gasteiger partial charge in [0, 0.05) is 19.8 Å². The second-order valence-electron chi connectivity index (χ2n) is 4.49. The lowest BCUT2D eigenvalue weighted by molar-refractivity contribution is -0.123. The Morgan fingerprint density at radius 3 is 2.90 bits per heavy atom. The van der Waals surface area contributed by atoms with Gasteiger partial charge in [-0.05, 0) is 28.9 Å². The van der Waals surface area contributed by atoms with Gasteiger partial charge in [0.25, 0.3) is 5.56 Å². The largest absolute Gasteiger partial charge is 0.375 e. The minimum absolute atomic E-state index is 0. The monoisotopic (exact) mass is 365 g/mol. The first kappa shape index (κ1) is 17.2. The van der Waals surface area contributed by atoms with Gasteiger partial charge in [0.2, 0.25) is 5.91 Å². The number of anilines is 1. The molecule has 1 saturated heterocycles. The third-order valence-corrected chi connectivity index (χ3v) is 3.57. The van der Waals surface area contributed by atoms with E-state index < -0.39 is 0 Å². The van der Waals surface area contributed by atoms with Crippen molar-refractivity contribution >= 4 is 39.9 Å². The Hall–Kier alpha value is -0.890. The number of nitrogens with zero attached hydrogens (tertiary/aromatic N) is 1. The lowest BCUT2D eigenvalue weighted by Crippen LogP contribution is -2.53. The van der Waals surface area contributed by atoms with Crippen molar-refractivity contribution in [2.75, 3.05) is 18.5 Å². The highest BCUT2D eigenvalue weighted by atomic mass is 79.9. The van der Waals surface area contributed by atoms with Crippen molar-refractivity contribution in [1.29, 1.82) is 0 Å². The number of hydrogen-bond donors (Lipinski definition) is 2. The van der Waals surface area contributed by atoms with Crippen LogP contribution in [0.1, 0.15) is 6.92 Å². The quantitative estimate of drug-likeness (QED) is 0.815. The minimum atomic E-state index is -0.384. The van der Waals surface area contributed by atoms with Crippen LogP contribution in [0.15, 0.2) is 21.5 Å². The number of ether oxygens (including phenoxy) is 1. The Morgan fingerprint density at radius 2 is 2.30 bits per heavy atom. The van der Waals surface area contributed by atoms with Crippen LogP contribution >= 0.6 is 28.3 Å². The molecule has 0 unspecified atom stereocenters. The summed E-state index contributed by atoms with van der Waals surface area (Å²) in [5, 5.41) is 5.89. The fourth-order valence-corrected chi connectivity index (χ4v) is 2.51. The molecule has 20 heavy (non-hydrogen) atoms. The van der Waals surface area contributed by atoms with E-state index in [4.69, 9.17) is 4.74 Å². The zero-order valence-corrected chi connectivity index (χ0v) is 13.6. The van der Waals surface area contributed by atoms with Crippen molar-refractivity contribution in [1.82, 2.24) is 9.88 Å². The summed E-state index contributed by atoms with van der Waals surface area (Å²) in [6, 6.07) is 1.21. The molecule has 0 aromatic carbocycles. The van der Waals surface area contributed by atoms with E-state index >= 15 is 0 Å². The van der Waals surface area contributed by atoms with Crippen LogP contribution in [0.25, 0.3) is 0 Å². The van der Waals surface area contributed by atoms with Crippen molar-refractivity contribution in [3.05, 3.63) is 27.1 Å². The average Bonchev–Trinajstić information content (AvgIpc) is 2.36. The van der Waals surface area contributed by atoms with E-state index in [0.29, 0.717) is 23.3 Å². The predicted octanol–water partition coefficient (Wildman–Crippen LogP) is 0.885. The van der Waals surface area contributed by atoms with Crippen molar-refractivity contribution in [2.24, 2.45) is 7.05 Å². The molecule has 0 spiro atoms. The second kappa shape index (κ2) is 7.21. The fraction of sp³-hybridized carbons (Fsp3) is 0.500. The Balaban J connectivity index is 0.00000200. The van der Waals surface area contributed by atoms with Crippen LogP contribution < -0.4 is 16.2 Å². The molecule has 0 aliphatic carbocycles. The number of rotatable bonds is 2. The van der Waals surface area contributed by atoms with Gasteiger partial charge in [-0.3, -0.25) is 9.59 Å². The van der Waals surface area contributed by atoms with E-state index in [1.807, 2.05) is 6.92 Å². The zero-order valence-electron chi connectivity index (χ0n) is 11.2. The first-order valence-electron chi connectivity index (χ1n) is 6.01. The van der Waals surface area contributed by atoms with Gasteiger partial charge in [-0.15, -0.1) is 12.4 Å². The summed E-state index contributed by atoms with van der Waals surface area (Å²) in [5.74, 6) is -0.169. The molecule has 2 heterocycles. The van der Waals surface area contributed by atoms with E-state index in [-0.39, 0.29) is 36.0 Å². The Kier molecular flexibility index (Phi) is 6.19. The summed E-state index contributed by atoms with van der Waals surface area (Å²) in [7, 11) is 1.63. The maximum absolute atomic E-state index is 12.1. The SMILES string of the molecule is C[C@H]1OCCN[C@@H]1C(=O)Nc1cc(Br)c(=O)n(C)c1.Cl. The van der Waals surface area contributed by atoms with E-state index in [1.165, 1.54) is 4.57 Å². The van der Waals surface area contributed by atoms with Crippen LogP contribution in [-0.2, 0) is 16.6 Å². The molecular weight excluding hydrogens is 350 g/mol. The predicted molar refractivity (Wildman–Crippen MR) is 82.5 cm³/mol. The molecule has 0 radical (unpaired) electrons. The van der Waals surface area contributed by atoms with Gasteiger partial charge in [-0.1, -0.05) is 0 Å². The number of amides is 1. The highest BCUT2D eigenvalue weighted by molar-refractivity contribution is 9.10. The zero-order chi connectivity index (χ0) is 14.0. The molecule has 1 aromatic heterocycles. The average molecular weight is 367 g/mol. The van der Waals surface area contributed by atoms with Crippen LogP contribution in [0.5, 0.6) is 0 Å². The highest BCUT2D eigenvalue weighted by Crippen LogP contribution is 2.13. The number of pyridine rings is 1. The maximum atomic E-state index is 12.1. The van der Waals surface area contributed by atoms with Crippen LogP contribution in [0.2, 0.25) is 0 Å². The summed E-state index contributed by atoms with van der Waals surface area (Å²) in [5.41, 5.74) is 0.420. The number of hydrogen-bond acceptors (Lipinski definition) is 4. The minimum Gasteiger partial charge on any atom is -0.375 e. The van der Waals surface area contributed by atoms with Crippen LogP contribution in [0, 0.1) is 0 Å². The summed E-state index contributed by atoms with van der Waals surface area (Å²) in [6.45, 7) is 3.11. The third-order valence-electron chi connectivity index (χ3n) is 3.01. The molecule has 2 N–H and O–H groups in total. The topological polar surface area (TPSA) is 72.4 Å². The molecule has 8 heteroatoms. The molecule has 1 aliphatic heterocycles. The molecule has 2 rings (SSSR count). The van der Waals surface area contributed by atoms with Gasteiger partial charge in [-0.2, -0.15) is 0 Å². The number of halogens is 2. The van der Waals surface area contributed by atoms with Crippen molar-refractivity contribution in [2.45, 2.75) is 19.1 Å². The molecule has 1 aliphatic rings. The number of aromatic nitrogens is 1. The van der Waals surface area contributed by atoms with E-state index in [1.54, 1.807) is 19.3 Å². The molecule has 112 valence electrons. The normalized spacial score (nSPS) is 21.9. The fourth-order valence-electron chi connectivity index (χ4n) is 1.99. The highest BCUT2D eigenvalue weighted by Gasteiger charge is 2.28. The summed E-state index contributed by atoms with van der Waals surface area (Å²) < 4.78 is 7.25. The number of carbonyl (C=O) groups excluding carboxylic acids is 1.